The van der Waals surface area contributed by atoms with Crippen LogP contribution in [0.4, 0.5) is 0 Å². The quantitative estimate of drug-likeness (QED) is 0.872. The average Bonchev–Trinajstić information content (AvgIpc) is 2.91. The number of pyridine rings is 1. The lowest BCUT2D eigenvalue weighted by molar-refractivity contribution is -0.0604. The van der Waals surface area contributed by atoms with Crippen LogP contribution in [0.5, 0.6) is 0 Å². The van der Waals surface area contributed by atoms with E-state index >= 15 is 0 Å². The molecule has 0 bridgehead atoms. The molecule has 1 saturated heterocycles. The van der Waals surface area contributed by atoms with Gasteiger partial charge in [0.15, 0.2) is 0 Å². The molecule has 0 saturated carbocycles. The van der Waals surface area contributed by atoms with Crippen LogP contribution in [0, 0.1) is 5.41 Å². The minimum absolute atomic E-state index is 0.253. The summed E-state index contributed by atoms with van der Waals surface area (Å²) in [5.74, 6) is 0.999. The summed E-state index contributed by atoms with van der Waals surface area (Å²) in [6, 6.07) is 4.54. The van der Waals surface area contributed by atoms with Gasteiger partial charge in [-0.1, -0.05) is 25.1 Å². The lowest BCUT2D eigenvalue weighted by atomic mass is 9.72. The van der Waals surface area contributed by atoms with Crippen molar-refractivity contribution in [2.24, 2.45) is 5.41 Å². The fourth-order valence-corrected chi connectivity index (χ4v) is 3.83. The largest absolute Gasteiger partial charge is 0.376 e. The van der Waals surface area contributed by atoms with E-state index in [0.29, 0.717) is 12.6 Å². The van der Waals surface area contributed by atoms with Crippen LogP contribution in [0.1, 0.15) is 42.5 Å². The molecule has 2 aliphatic heterocycles. The normalized spacial score (nSPS) is 23.8. The first kappa shape index (κ1) is 13.9. The molecular weight excluding hydrogens is 278 g/mol. The van der Waals surface area contributed by atoms with Gasteiger partial charge in [0.25, 0.3) is 0 Å². The van der Waals surface area contributed by atoms with Crippen molar-refractivity contribution in [2.45, 2.75) is 39.5 Å². The third kappa shape index (κ3) is 2.25. The molecule has 1 atom stereocenters. The summed E-state index contributed by atoms with van der Waals surface area (Å²) in [6.07, 6.45) is 4.63. The Morgan fingerprint density at radius 3 is 3.09 bits per heavy atom. The number of rotatable bonds is 3. The molecule has 5 nitrogen and oxygen atoms in total. The highest BCUT2D eigenvalue weighted by molar-refractivity contribution is 5.26. The molecule has 5 heteroatoms. The van der Waals surface area contributed by atoms with Gasteiger partial charge in [-0.25, -0.2) is 0 Å². The molecule has 2 aromatic heterocycles. The number of hydrogen-bond acceptors (Lipinski definition) is 5. The molecular formula is C17H21N3O2. The molecule has 2 aromatic rings. The molecule has 116 valence electrons. The van der Waals surface area contributed by atoms with Gasteiger partial charge in [-0.2, -0.15) is 0 Å². The van der Waals surface area contributed by atoms with Gasteiger partial charge < -0.3 is 9.26 Å². The molecule has 4 rings (SSSR count). The monoisotopic (exact) mass is 299 g/mol. The standard InChI is InChI=1S/C17H21N3O2/c1-17(2)11-20(16(17)12-4-3-6-18-8-12)9-14-13-10-21-7-5-15(13)22-19-14/h3-4,6,8,16H,5,7,9-11H2,1-2H3. The number of fused-ring (bicyclic) bond motifs is 1. The van der Waals surface area contributed by atoms with Crippen molar-refractivity contribution >= 4 is 0 Å². The number of likely N-dealkylation sites (tertiary alicyclic amines) is 1. The van der Waals surface area contributed by atoms with Crippen molar-refractivity contribution < 1.29 is 9.26 Å². The Bertz CT molecular complexity index is 666. The van der Waals surface area contributed by atoms with E-state index in [0.717, 1.165) is 43.1 Å². The zero-order valence-corrected chi connectivity index (χ0v) is 13.1. The summed E-state index contributed by atoms with van der Waals surface area (Å²) < 4.78 is 11.0. The van der Waals surface area contributed by atoms with Gasteiger partial charge in [-0.15, -0.1) is 0 Å². The minimum atomic E-state index is 0.253. The molecule has 0 aromatic carbocycles. The second-order valence-corrected chi connectivity index (χ2v) is 6.92. The van der Waals surface area contributed by atoms with Crippen LogP contribution in [-0.2, 0) is 24.3 Å². The van der Waals surface area contributed by atoms with E-state index in [-0.39, 0.29) is 5.41 Å². The highest BCUT2D eigenvalue weighted by Crippen LogP contribution is 2.48. The fraction of sp³-hybridized carbons (Fsp3) is 0.529. The molecule has 1 unspecified atom stereocenters. The van der Waals surface area contributed by atoms with Crippen LogP contribution in [0.3, 0.4) is 0 Å². The number of ether oxygens (including phenoxy) is 1. The molecule has 4 heterocycles. The second-order valence-electron chi connectivity index (χ2n) is 6.92. The zero-order valence-electron chi connectivity index (χ0n) is 13.1. The summed E-state index contributed by atoms with van der Waals surface area (Å²) in [7, 11) is 0. The molecule has 0 radical (unpaired) electrons. The van der Waals surface area contributed by atoms with Crippen molar-refractivity contribution in [2.75, 3.05) is 13.2 Å². The highest BCUT2D eigenvalue weighted by atomic mass is 16.5. The van der Waals surface area contributed by atoms with Crippen LogP contribution in [0.25, 0.3) is 0 Å². The number of nitrogens with zero attached hydrogens (tertiary/aromatic N) is 3. The van der Waals surface area contributed by atoms with Gasteiger partial charge in [0, 0.05) is 43.5 Å². The van der Waals surface area contributed by atoms with Crippen LogP contribution in [0.2, 0.25) is 0 Å². The summed E-state index contributed by atoms with van der Waals surface area (Å²) in [5, 5.41) is 4.28. The van der Waals surface area contributed by atoms with Crippen LogP contribution >= 0.6 is 0 Å². The third-order valence-electron chi connectivity index (χ3n) is 4.74. The second kappa shape index (κ2) is 5.18. The first-order valence-electron chi connectivity index (χ1n) is 7.83. The summed E-state index contributed by atoms with van der Waals surface area (Å²) >= 11 is 0. The lowest BCUT2D eigenvalue weighted by Crippen LogP contribution is -2.55. The predicted molar refractivity (Wildman–Crippen MR) is 81.0 cm³/mol. The van der Waals surface area contributed by atoms with Gasteiger partial charge in [-0.3, -0.25) is 9.88 Å². The van der Waals surface area contributed by atoms with E-state index in [1.165, 1.54) is 5.56 Å². The van der Waals surface area contributed by atoms with Gasteiger partial charge in [0.1, 0.15) is 11.5 Å². The number of aromatic nitrogens is 2. The third-order valence-corrected chi connectivity index (χ3v) is 4.74. The van der Waals surface area contributed by atoms with E-state index < -0.39 is 0 Å². The van der Waals surface area contributed by atoms with E-state index in [1.807, 2.05) is 18.5 Å². The summed E-state index contributed by atoms with van der Waals surface area (Å²) in [4.78, 5) is 6.72. The van der Waals surface area contributed by atoms with Crippen LogP contribution in [-0.4, -0.2) is 28.2 Å². The molecule has 0 N–H and O–H groups in total. The molecule has 1 fully saturated rings. The smallest absolute Gasteiger partial charge is 0.144 e. The predicted octanol–water partition coefficient (Wildman–Crippen LogP) is 2.73. The first-order chi connectivity index (χ1) is 10.6. The maximum absolute atomic E-state index is 5.55. The van der Waals surface area contributed by atoms with Crippen molar-refractivity contribution in [3.63, 3.8) is 0 Å². The molecule has 2 aliphatic rings. The van der Waals surface area contributed by atoms with Crippen molar-refractivity contribution in [1.29, 1.82) is 0 Å². The topological polar surface area (TPSA) is 51.4 Å². The van der Waals surface area contributed by atoms with Gasteiger partial charge >= 0.3 is 0 Å². The van der Waals surface area contributed by atoms with Crippen molar-refractivity contribution in [3.8, 4) is 0 Å². The van der Waals surface area contributed by atoms with E-state index in [9.17, 15) is 0 Å². The Morgan fingerprint density at radius 2 is 2.32 bits per heavy atom. The Hall–Kier alpha value is -1.72. The molecule has 0 aliphatic carbocycles. The molecule has 0 amide bonds. The Labute approximate surface area is 130 Å². The van der Waals surface area contributed by atoms with Crippen LogP contribution in [0.15, 0.2) is 29.0 Å². The van der Waals surface area contributed by atoms with Gasteiger partial charge in [0.05, 0.1) is 13.2 Å². The zero-order chi connectivity index (χ0) is 15.2. The van der Waals surface area contributed by atoms with Crippen LogP contribution < -0.4 is 0 Å². The van der Waals surface area contributed by atoms with E-state index in [2.05, 4.69) is 35.0 Å². The minimum Gasteiger partial charge on any atom is -0.376 e. The van der Waals surface area contributed by atoms with Gasteiger partial charge in [0.2, 0.25) is 0 Å². The Balaban J connectivity index is 1.57. The average molecular weight is 299 g/mol. The fourth-order valence-electron chi connectivity index (χ4n) is 3.83. The van der Waals surface area contributed by atoms with E-state index in [4.69, 9.17) is 9.26 Å². The Kier molecular flexibility index (Phi) is 3.27. The van der Waals surface area contributed by atoms with Crippen molar-refractivity contribution in [1.82, 2.24) is 15.0 Å². The van der Waals surface area contributed by atoms with Crippen molar-refractivity contribution in [3.05, 3.63) is 47.1 Å². The Morgan fingerprint density at radius 1 is 1.41 bits per heavy atom. The first-order valence-corrected chi connectivity index (χ1v) is 7.83. The SMILES string of the molecule is CC1(C)CN(Cc2noc3c2COCC3)C1c1cccnc1. The maximum atomic E-state index is 5.55. The molecule has 0 spiro atoms. The number of hydrogen-bond donors (Lipinski definition) is 0. The summed E-state index contributed by atoms with van der Waals surface area (Å²) in [6.45, 7) is 7.84. The summed E-state index contributed by atoms with van der Waals surface area (Å²) in [5.41, 5.74) is 3.70. The lowest BCUT2D eigenvalue weighted by Gasteiger charge is -2.54. The highest BCUT2D eigenvalue weighted by Gasteiger charge is 2.46. The van der Waals surface area contributed by atoms with Gasteiger partial charge in [-0.05, 0) is 17.0 Å². The van der Waals surface area contributed by atoms with E-state index in [1.54, 1.807) is 0 Å². The molecule has 22 heavy (non-hydrogen) atoms. The maximum Gasteiger partial charge on any atom is 0.144 e.